The van der Waals surface area contributed by atoms with Gasteiger partial charge in [0, 0.05) is 45.0 Å². The number of nitrogens with zero attached hydrogens (tertiary/aromatic N) is 4. The lowest BCUT2D eigenvalue weighted by atomic mass is 10.1. The molecule has 1 aromatic rings. The molecular formula is C16H26F3N5O2. The average Bonchev–Trinajstić information content (AvgIpc) is 3.02. The lowest BCUT2D eigenvalue weighted by Crippen LogP contribution is -2.48. The quantitative estimate of drug-likeness (QED) is 0.445. The topological polar surface area (TPSA) is 63.9 Å². The van der Waals surface area contributed by atoms with Crippen LogP contribution in [-0.2, 0) is 16.5 Å². The molecule has 1 N–H and O–H groups in total. The molecule has 0 amide bonds. The standard InChI is InChI=1S/C16H26F3N5O2/c1-3-20-15(21-5-4-7-25-12-16(17,18)19)24-6-8-26-14(11-24)13-9-22-23(2)10-13/h9-10,14H,3-8,11-12H2,1-2H3,(H,20,21). The number of nitrogens with one attached hydrogen (secondary N) is 1. The molecule has 0 aromatic carbocycles. The van der Waals surface area contributed by atoms with Crippen LogP contribution in [0.5, 0.6) is 0 Å². The first kappa shape index (κ1) is 20.5. The van der Waals surface area contributed by atoms with Crippen molar-refractivity contribution < 1.29 is 22.6 Å². The summed E-state index contributed by atoms with van der Waals surface area (Å²) in [6.45, 7) is 3.80. The van der Waals surface area contributed by atoms with Crippen LogP contribution in [0.15, 0.2) is 17.4 Å². The van der Waals surface area contributed by atoms with Crippen LogP contribution < -0.4 is 5.32 Å². The minimum atomic E-state index is -4.28. The fourth-order valence-electron chi connectivity index (χ4n) is 2.62. The fourth-order valence-corrected chi connectivity index (χ4v) is 2.62. The molecular weight excluding hydrogens is 351 g/mol. The minimum Gasteiger partial charge on any atom is -0.372 e. The summed E-state index contributed by atoms with van der Waals surface area (Å²) in [6, 6.07) is 0. The molecule has 0 bridgehead atoms. The molecule has 1 saturated heterocycles. The number of hydrogen-bond acceptors (Lipinski definition) is 4. The summed E-state index contributed by atoms with van der Waals surface area (Å²) in [5, 5.41) is 7.40. The summed E-state index contributed by atoms with van der Waals surface area (Å²) < 4.78 is 48.2. The monoisotopic (exact) mass is 377 g/mol. The molecule has 1 fully saturated rings. The molecule has 0 radical (unpaired) electrons. The molecule has 1 atom stereocenters. The molecule has 2 rings (SSSR count). The minimum absolute atomic E-state index is 0.0316. The summed E-state index contributed by atoms with van der Waals surface area (Å²) in [5.74, 6) is 0.737. The van der Waals surface area contributed by atoms with E-state index in [-0.39, 0.29) is 12.7 Å². The molecule has 0 spiro atoms. The molecule has 26 heavy (non-hydrogen) atoms. The SMILES string of the molecule is CCNC(=NCCCOCC(F)(F)F)N1CCOC(c2cnn(C)c2)C1. The highest BCUT2D eigenvalue weighted by atomic mass is 19.4. The van der Waals surface area contributed by atoms with Crippen molar-refractivity contribution >= 4 is 5.96 Å². The zero-order valence-electron chi connectivity index (χ0n) is 15.1. The molecule has 7 nitrogen and oxygen atoms in total. The van der Waals surface area contributed by atoms with E-state index in [2.05, 4.69) is 25.0 Å². The summed E-state index contributed by atoms with van der Waals surface area (Å²) in [6.07, 6.45) is -0.224. The zero-order chi connectivity index (χ0) is 19.0. The van der Waals surface area contributed by atoms with Crippen LogP contribution in [0, 0.1) is 0 Å². The number of ether oxygens (including phenoxy) is 2. The second kappa shape index (κ2) is 9.77. The highest BCUT2D eigenvalue weighted by molar-refractivity contribution is 5.80. The lowest BCUT2D eigenvalue weighted by molar-refractivity contribution is -0.173. The van der Waals surface area contributed by atoms with E-state index in [0.717, 1.165) is 11.5 Å². The van der Waals surface area contributed by atoms with Crippen molar-refractivity contribution in [2.75, 3.05) is 46.0 Å². The van der Waals surface area contributed by atoms with E-state index < -0.39 is 12.8 Å². The number of hydrogen-bond donors (Lipinski definition) is 1. The van der Waals surface area contributed by atoms with E-state index in [9.17, 15) is 13.2 Å². The first-order chi connectivity index (χ1) is 12.4. The van der Waals surface area contributed by atoms with Gasteiger partial charge in [0.05, 0.1) is 19.3 Å². The van der Waals surface area contributed by atoms with E-state index in [1.165, 1.54) is 0 Å². The molecule has 0 saturated carbocycles. The van der Waals surface area contributed by atoms with Crippen LogP contribution in [-0.4, -0.2) is 72.8 Å². The Kier molecular flexibility index (Phi) is 7.70. The summed E-state index contributed by atoms with van der Waals surface area (Å²) >= 11 is 0. The summed E-state index contributed by atoms with van der Waals surface area (Å²) in [7, 11) is 1.86. The Labute approximate surface area is 151 Å². The van der Waals surface area contributed by atoms with Crippen LogP contribution in [0.25, 0.3) is 0 Å². The van der Waals surface area contributed by atoms with Crippen LogP contribution in [0.4, 0.5) is 13.2 Å². The Morgan fingerprint density at radius 1 is 1.50 bits per heavy atom. The van der Waals surface area contributed by atoms with Gasteiger partial charge in [-0.15, -0.1) is 0 Å². The number of morpholine rings is 1. The third-order valence-electron chi connectivity index (χ3n) is 3.77. The third kappa shape index (κ3) is 6.83. The second-order valence-electron chi connectivity index (χ2n) is 6.01. The van der Waals surface area contributed by atoms with Gasteiger partial charge in [-0.05, 0) is 13.3 Å². The van der Waals surface area contributed by atoms with Gasteiger partial charge < -0.3 is 19.7 Å². The fraction of sp³-hybridized carbons (Fsp3) is 0.750. The number of aryl methyl sites for hydroxylation is 1. The van der Waals surface area contributed by atoms with Gasteiger partial charge in [0.15, 0.2) is 5.96 Å². The van der Waals surface area contributed by atoms with Crippen LogP contribution in [0.2, 0.25) is 0 Å². The summed E-state index contributed by atoms with van der Waals surface area (Å²) in [4.78, 5) is 6.60. The van der Waals surface area contributed by atoms with Crippen LogP contribution in [0.3, 0.4) is 0 Å². The van der Waals surface area contributed by atoms with Crippen molar-refractivity contribution in [2.24, 2.45) is 12.0 Å². The third-order valence-corrected chi connectivity index (χ3v) is 3.77. The lowest BCUT2D eigenvalue weighted by Gasteiger charge is -2.34. The Bertz CT molecular complexity index is 576. The zero-order valence-corrected chi connectivity index (χ0v) is 15.1. The van der Waals surface area contributed by atoms with Gasteiger partial charge in [0.1, 0.15) is 12.7 Å². The van der Waals surface area contributed by atoms with Gasteiger partial charge in [0.25, 0.3) is 0 Å². The average molecular weight is 377 g/mol. The first-order valence-electron chi connectivity index (χ1n) is 8.67. The number of guanidine groups is 1. The van der Waals surface area contributed by atoms with Crippen molar-refractivity contribution in [1.82, 2.24) is 20.0 Å². The van der Waals surface area contributed by atoms with E-state index in [1.807, 2.05) is 20.2 Å². The van der Waals surface area contributed by atoms with Crippen molar-refractivity contribution in [1.29, 1.82) is 0 Å². The maximum absolute atomic E-state index is 12.0. The molecule has 10 heteroatoms. The highest BCUT2D eigenvalue weighted by Gasteiger charge is 2.27. The summed E-state index contributed by atoms with van der Waals surface area (Å²) in [5.41, 5.74) is 1.01. The molecule has 148 valence electrons. The van der Waals surface area contributed by atoms with E-state index in [0.29, 0.717) is 39.2 Å². The second-order valence-corrected chi connectivity index (χ2v) is 6.01. The molecule has 1 aromatic heterocycles. The predicted molar refractivity (Wildman–Crippen MR) is 90.9 cm³/mol. The van der Waals surface area contributed by atoms with E-state index in [4.69, 9.17) is 4.74 Å². The van der Waals surface area contributed by atoms with Crippen molar-refractivity contribution in [3.05, 3.63) is 18.0 Å². The number of halogens is 3. The molecule has 0 aliphatic carbocycles. The smallest absolute Gasteiger partial charge is 0.372 e. The Hall–Kier alpha value is -1.81. The van der Waals surface area contributed by atoms with Crippen molar-refractivity contribution in [3.8, 4) is 0 Å². The van der Waals surface area contributed by atoms with Gasteiger partial charge >= 0.3 is 6.18 Å². The van der Waals surface area contributed by atoms with Gasteiger partial charge in [-0.3, -0.25) is 9.67 Å². The van der Waals surface area contributed by atoms with Crippen LogP contribution in [0.1, 0.15) is 25.0 Å². The van der Waals surface area contributed by atoms with E-state index >= 15 is 0 Å². The molecule has 1 aliphatic heterocycles. The van der Waals surface area contributed by atoms with Gasteiger partial charge in [0.2, 0.25) is 0 Å². The largest absolute Gasteiger partial charge is 0.411 e. The Morgan fingerprint density at radius 2 is 2.31 bits per heavy atom. The maximum atomic E-state index is 12.0. The highest BCUT2D eigenvalue weighted by Crippen LogP contribution is 2.21. The number of aliphatic imine (C=N–C) groups is 1. The Balaban J connectivity index is 1.84. The maximum Gasteiger partial charge on any atom is 0.411 e. The molecule has 1 aliphatic rings. The van der Waals surface area contributed by atoms with Crippen molar-refractivity contribution in [2.45, 2.75) is 25.6 Å². The normalized spacial score (nSPS) is 19.0. The molecule has 2 heterocycles. The van der Waals surface area contributed by atoms with Crippen molar-refractivity contribution in [3.63, 3.8) is 0 Å². The number of alkyl halides is 3. The van der Waals surface area contributed by atoms with E-state index in [1.54, 1.807) is 10.9 Å². The van der Waals surface area contributed by atoms with Gasteiger partial charge in [-0.1, -0.05) is 0 Å². The number of aromatic nitrogens is 2. The van der Waals surface area contributed by atoms with Gasteiger partial charge in [-0.2, -0.15) is 18.3 Å². The number of rotatable bonds is 7. The van der Waals surface area contributed by atoms with Gasteiger partial charge in [-0.25, -0.2) is 0 Å². The Morgan fingerprint density at radius 3 is 2.96 bits per heavy atom. The first-order valence-corrected chi connectivity index (χ1v) is 8.67. The molecule has 1 unspecified atom stereocenters. The van der Waals surface area contributed by atoms with Crippen LogP contribution >= 0.6 is 0 Å². The predicted octanol–water partition coefficient (Wildman–Crippen LogP) is 1.73.